The predicted octanol–water partition coefficient (Wildman–Crippen LogP) is 2.87. The molecule has 0 fully saturated rings. The topological polar surface area (TPSA) is 91.8 Å². The largest absolute Gasteiger partial charge is 0.367 e. The number of aromatic nitrogens is 3. The molecule has 3 aromatic rings. The number of pyridine rings is 1. The molecule has 0 aliphatic rings. The van der Waals surface area contributed by atoms with E-state index >= 15 is 0 Å². The number of rotatable bonds is 7. The van der Waals surface area contributed by atoms with Crippen LogP contribution < -0.4 is 16.0 Å². The Hall–Kier alpha value is -3.69. The fraction of sp³-hybridized carbons (Fsp3) is 0.111. The van der Waals surface area contributed by atoms with E-state index in [1.807, 2.05) is 0 Å². The van der Waals surface area contributed by atoms with E-state index in [-0.39, 0.29) is 13.1 Å². The summed E-state index contributed by atoms with van der Waals surface area (Å²) in [5, 5.41) is 16.4. The van der Waals surface area contributed by atoms with Gasteiger partial charge in [-0.25, -0.2) is 13.2 Å². The van der Waals surface area contributed by atoms with E-state index in [2.05, 4.69) is 31.1 Å². The van der Waals surface area contributed by atoms with Crippen molar-refractivity contribution in [2.75, 3.05) is 23.7 Å². The van der Waals surface area contributed by atoms with E-state index < -0.39 is 28.9 Å². The lowest BCUT2D eigenvalue weighted by Gasteiger charge is -2.09. The molecule has 3 rings (SSSR count). The quantitative estimate of drug-likeness (QED) is 0.426. The van der Waals surface area contributed by atoms with Crippen molar-refractivity contribution in [1.29, 1.82) is 0 Å². The zero-order valence-electron chi connectivity index (χ0n) is 14.4. The number of carbonyl (C=O) groups excluding carboxylic acids is 1. The number of anilines is 3. The summed E-state index contributed by atoms with van der Waals surface area (Å²) in [6.45, 7) is 0.374. The van der Waals surface area contributed by atoms with Crippen molar-refractivity contribution in [1.82, 2.24) is 20.5 Å². The molecule has 7 nitrogen and oxygen atoms in total. The van der Waals surface area contributed by atoms with Crippen LogP contribution in [-0.2, 0) is 0 Å². The number of halogens is 3. The van der Waals surface area contributed by atoms with Crippen molar-refractivity contribution in [3.05, 3.63) is 71.8 Å². The van der Waals surface area contributed by atoms with Gasteiger partial charge in [0.25, 0.3) is 5.91 Å². The van der Waals surface area contributed by atoms with Crippen LogP contribution in [0.5, 0.6) is 0 Å². The van der Waals surface area contributed by atoms with Crippen molar-refractivity contribution in [2.45, 2.75) is 0 Å². The lowest BCUT2D eigenvalue weighted by atomic mass is 10.2. The lowest BCUT2D eigenvalue weighted by Crippen LogP contribution is -2.29. The second-order valence-corrected chi connectivity index (χ2v) is 5.57. The highest BCUT2D eigenvalue weighted by Crippen LogP contribution is 2.15. The van der Waals surface area contributed by atoms with Gasteiger partial charge in [-0.2, -0.15) is 0 Å². The lowest BCUT2D eigenvalue weighted by molar-refractivity contribution is 0.0950. The zero-order chi connectivity index (χ0) is 19.9. The van der Waals surface area contributed by atoms with Crippen LogP contribution in [-0.4, -0.2) is 34.2 Å². The van der Waals surface area contributed by atoms with Crippen LogP contribution in [0.25, 0.3) is 0 Å². The summed E-state index contributed by atoms with van der Waals surface area (Å²) in [5.41, 5.74) is 0.252. The molecule has 0 spiro atoms. The zero-order valence-corrected chi connectivity index (χ0v) is 14.4. The maximum absolute atomic E-state index is 13.6. The summed E-state index contributed by atoms with van der Waals surface area (Å²) < 4.78 is 39.6. The maximum atomic E-state index is 13.6. The summed E-state index contributed by atoms with van der Waals surface area (Å²) >= 11 is 0. The Morgan fingerprint density at radius 3 is 2.29 bits per heavy atom. The molecule has 0 saturated heterocycles. The van der Waals surface area contributed by atoms with Crippen LogP contribution in [0.1, 0.15) is 10.4 Å². The first-order valence-corrected chi connectivity index (χ1v) is 8.21. The van der Waals surface area contributed by atoms with E-state index in [0.717, 1.165) is 11.8 Å². The standard InChI is InChI=1S/C18H15F3N6O/c19-13-2-1-12(16(20)17(13)21)18(28)24-10-9-23-14-3-4-15(27-26-14)25-11-5-7-22-8-6-11/h1-8H,9-10H2,(H,23,26)(H,24,28)(H,22,25,27). The van der Waals surface area contributed by atoms with Crippen LogP contribution >= 0.6 is 0 Å². The molecule has 0 atom stereocenters. The highest BCUT2D eigenvalue weighted by molar-refractivity contribution is 5.94. The fourth-order valence-electron chi connectivity index (χ4n) is 2.24. The molecule has 10 heteroatoms. The van der Waals surface area contributed by atoms with E-state index in [9.17, 15) is 18.0 Å². The van der Waals surface area contributed by atoms with Gasteiger partial charge in [-0.05, 0) is 36.4 Å². The van der Waals surface area contributed by atoms with Crippen LogP contribution in [0, 0.1) is 17.5 Å². The van der Waals surface area contributed by atoms with Crippen molar-refractivity contribution in [3.8, 4) is 0 Å². The Morgan fingerprint density at radius 1 is 0.857 bits per heavy atom. The molecule has 1 aromatic carbocycles. The Kier molecular flexibility index (Phi) is 6.00. The third-order valence-electron chi connectivity index (χ3n) is 3.61. The summed E-state index contributed by atoms with van der Waals surface area (Å²) in [7, 11) is 0. The average Bonchev–Trinajstić information content (AvgIpc) is 2.71. The molecule has 0 aliphatic carbocycles. The Balaban J connectivity index is 1.46. The van der Waals surface area contributed by atoms with Crippen molar-refractivity contribution < 1.29 is 18.0 Å². The molecule has 0 aliphatic heterocycles. The van der Waals surface area contributed by atoms with E-state index in [0.29, 0.717) is 17.7 Å². The molecule has 2 aromatic heterocycles. The number of benzene rings is 1. The highest BCUT2D eigenvalue weighted by atomic mass is 19.2. The molecule has 2 heterocycles. The van der Waals surface area contributed by atoms with Crippen LogP contribution in [0.2, 0.25) is 0 Å². The van der Waals surface area contributed by atoms with Gasteiger partial charge >= 0.3 is 0 Å². The van der Waals surface area contributed by atoms with Crippen molar-refractivity contribution >= 4 is 23.2 Å². The van der Waals surface area contributed by atoms with Gasteiger partial charge in [0.1, 0.15) is 5.82 Å². The minimum atomic E-state index is -1.68. The number of nitrogens with zero attached hydrogens (tertiary/aromatic N) is 3. The monoisotopic (exact) mass is 388 g/mol. The molecule has 0 saturated carbocycles. The van der Waals surface area contributed by atoms with Gasteiger partial charge in [0.15, 0.2) is 23.3 Å². The smallest absolute Gasteiger partial charge is 0.254 e. The highest BCUT2D eigenvalue weighted by Gasteiger charge is 2.18. The molecule has 3 N–H and O–H groups in total. The van der Waals surface area contributed by atoms with Crippen LogP contribution in [0.3, 0.4) is 0 Å². The Morgan fingerprint density at radius 2 is 1.57 bits per heavy atom. The Bertz CT molecular complexity index is 954. The molecule has 28 heavy (non-hydrogen) atoms. The fourth-order valence-corrected chi connectivity index (χ4v) is 2.24. The van der Waals surface area contributed by atoms with Gasteiger partial charge in [-0.3, -0.25) is 9.78 Å². The van der Waals surface area contributed by atoms with Gasteiger partial charge in [0, 0.05) is 31.2 Å². The number of nitrogens with one attached hydrogen (secondary N) is 3. The van der Waals surface area contributed by atoms with Gasteiger partial charge in [-0.15, -0.1) is 10.2 Å². The summed E-state index contributed by atoms with van der Waals surface area (Å²) in [6.07, 6.45) is 3.29. The molecular formula is C18H15F3N6O. The predicted molar refractivity (Wildman–Crippen MR) is 96.7 cm³/mol. The molecule has 0 bridgehead atoms. The number of carbonyl (C=O) groups is 1. The van der Waals surface area contributed by atoms with E-state index in [1.54, 1.807) is 36.7 Å². The first kappa shape index (κ1) is 19.1. The number of amides is 1. The second kappa shape index (κ2) is 8.80. The third kappa shape index (κ3) is 4.72. The van der Waals surface area contributed by atoms with Crippen LogP contribution in [0.4, 0.5) is 30.5 Å². The van der Waals surface area contributed by atoms with Gasteiger partial charge in [0.2, 0.25) is 0 Å². The van der Waals surface area contributed by atoms with E-state index in [1.165, 1.54) is 0 Å². The number of hydrogen-bond donors (Lipinski definition) is 3. The SMILES string of the molecule is O=C(NCCNc1ccc(Nc2ccncc2)nn1)c1ccc(F)c(F)c1F. The molecule has 0 unspecified atom stereocenters. The van der Waals surface area contributed by atoms with Crippen molar-refractivity contribution in [3.63, 3.8) is 0 Å². The van der Waals surface area contributed by atoms with E-state index in [4.69, 9.17) is 0 Å². The van der Waals surface area contributed by atoms with Crippen LogP contribution in [0.15, 0.2) is 48.8 Å². The molecule has 1 amide bonds. The molecule has 144 valence electrons. The van der Waals surface area contributed by atoms with Gasteiger partial charge in [-0.1, -0.05) is 0 Å². The normalized spacial score (nSPS) is 10.4. The Labute approximate surface area is 158 Å². The molecule has 0 radical (unpaired) electrons. The summed E-state index contributed by atoms with van der Waals surface area (Å²) in [6, 6.07) is 8.55. The first-order chi connectivity index (χ1) is 13.5. The maximum Gasteiger partial charge on any atom is 0.254 e. The minimum absolute atomic E-state index is 0.107. The first-order valence-electron chi connectivity index (χ1n) is 8.21. The summed E-state index contributed by atoms with van der Waals surface area (Å²) in [5.74, 6) is -4.39. The average molecular weight is 388 g/mol. The molecular weight excluding hydrogens is 373 g/mol. The minimum Gasteiger partial charge on any atom is -0.367 e. The number of hydrogen-bond acceptors (Lipinski definition) is 6. The summed E-state index contributed by atoms with van der Waals surface area (Å²) in [4.78, 5) is 15.8. The van der Waals surface area contributed by atoms with Gasteiger partial charge < -0.3 is 16.0 Å². The van der Waals surface area contributed by atoms with Gasteiger partial charge in [0.05, 0.1) is 5.56 Å². The third-order valence-corrected chi connectivity index (χ3v) is 3.61. The van der Waals surface area contributed by atoms with Crippen molar-refractivity contribution in [2.24, 2.45) is 0 Å². The second-order valence-electron chi connectivity index (χ2n) is 5.57.